The van der Waals surface area contributed by atoms with Crippen molar-refractivity contribution in [3.05, 3.63) is 77.1 Å². The molecule has 0 atom stereocenters. The highest BCUT2D eigenvalue weighted by Crippen LogP contribution is 2.30. The highest BCUT2D eigenvalue weighted by Gasteiger charge is 2.34. The summed E-state index contributed by atoms with van der Waals surface area (Å²) in [7, 11) is 0. The number of nitrogens with zero attached hydrogens (tertiary/aromatic N) is 4. The summed E-state index contributed by atoms with van der Waals surface area (Å²) in [5.41, 5.74) is 3.46. The van der Waals surface area contributed by atoms with Crippen molar-refractivity contribution < 1.29 is 9.90 Å². The van der Waals surface area contributed by atoms with Gasteiger partial charge in [-0.3, -0.25) is 14.8 Å². The van der Waals surface area contributed by atoms with Gasteiger partial charge in [0.15, 0.2) is 0 Å². The van der Waals surface area contributed by atoms with Crippen LogP contribution in [0, 0.1) is 6.92 Å². The molecule has 3 heterocycles. The van der Waals surface area contributed by atoms with Crippen molar-refractivity contribution in [2.45, 2.75) is 36.7 Å². The lowest BCUT2D eigenvalue weighted by molar-refractivity contribution is -0.0157. The van der Waals surface area contributed by atoms with Crippen LogP contribution in [0.15, 0.2) is 65.8 Å². The van der Waals surface area contributed by atoms with Gasteiger partial charge in [-0.2, -0.15) is 4.37 Å². The fourth-order valence-electron chi connectivity index (χ4n) is 4.15. The summed E-state index contributed by atoms with van der Waals surface area (Å²) in [4.78, 5) is 25.7. The van der Waals surface area contributed by atoms with Crippen molar-refractivity contribution in [3.63, 3.8) is 0 Å². The van der Waals surface area contributed by atoms with E-state index < -0.39 is 5.60 Å². The van der Waals surface area contributed by atoms with Crippen molar-refractivity contribution in [3.8, 4) is 0 Å². The molecule has 34 heavy (non-hydrogen) atoms. The highest BCUT2D eigenvalue weighted by atomic mass is 32.2. The maximum Gasteiger partial charge on any atom is 0.253 e. The van der Waals surface area contributed by atoms with E-state index in [0.717, 1.165) is 32.2 Å². The number of piperidine rings is 1. The lowest BCUT2D eigenvalue weighted by Crippen LogP contribution is -2.47. The molecule has 0 unspecified atom stereocenters. The van der Waals surface area contributed by atoms with Crippen LogP contribution in [0.25, 0.3) is 11.0 Å². The van der Waals surface area contributed by atoms with Gasteiger partial charge in [0, 0.05) is 48.0 Å². The average Bonchev–Trinajstić information content (AvgIpc) is 3.26. The van der Waals surface area contributed by atoms with E-state index >= 15 is 0 Å². The average molecular weight is 492 g/mol. The molecule has 1 aliphatic rings. The summed E-state index contributed by atoms with van der Waals surface area (Å²) >= 11 is 2.91. The number of aromatic nitrogens is 3. The van der Waals surface area contributed by atoms with Gasteiger partial charge in [0.2, 0.25) is 0 Å². The van der Waals surface area contributed by atoms with Crippen LogP contribution in [0.5, 0.6) is 0 Å². The number of aliphatic hydroxyl groups is 1. The number of amides is 1. The van der Waals surface area contributed by atoms with Gasteiger partial charge >= 0.3 is 0 Å². The van der Waals surface area contributed by atoms with Crippen molar-refractivity contribution in [2.24, 2.45) is 0 Å². The van der Waals surface area contributed by atoms with Crippen LogP contribution >= 0.6 is 23.5 Å². The van der Waals surface area contributed by atoms with Crippen LogP contribution in [-0.2, 0) is 6.42 Å². The second-order valence-corrected chi connectivity index (χ2v) is 10.3. The Bertz CT molecular complexity index is 1290. The number of anilines is 1. The van der Waals surface area contributed by atoms with Gasteiger partial charge in [-0.15, -0.1) is 0 Å². The van der Waals surface area contributed by atoms with Gasteiger partial charge in [-0.05, 0) is 85.7 Å². The van der Waals surface area contributed by atoms with Crippen LogP contribution in [0.3, 0.4) is 0 Å². The van der Waals surface area contributed by atoms with E-state index in [1.807, 2.05) is 60.4 Å². The maximum absolute atomic E-state index is 13.0. The second kappa shape index (κ2) is 9.69. The molecule has 0 radical (unpaired) electrons. The van der Waals surface area contributed by atoms with Crippen molar-refractivity contribution in [1.29, 1.82) is 0 Å². The minimum Gasteiger partial charge on any atom is -0.389 e. The predicted molar refractivity (Wildman–Crippen MR) is 136 cm³/mol. The molecule has 1 fully saturated rings. The molecule has 2 N–H and O–H groups in total. The SMILES string of the molecule is Cc1cc(CC2(O)CCN(C(=O)c3ccc(NSc4cccc5nccnc45)cc3)CC2)sn1. The molecule has 1 aliphatic heterocycles. The molecule has 0 bridgehead atoms. The third-order valence-corrected chi connectivity index (χ3v) is 7.80. The Morgan fingerprint density at radius 3 is 2.65 bits per heavy atom. The van der Waals surface area contributed by atoms with Crippen LogP contribution in [0.1, 0.15) is 33.8 Å². The molecule has 5 rings (SSSR count). The van der Waals surface area contributed by atoms with E-state index in [1.165, 1.54) is 23.5 Å². The van der Waals surface area contributed by atoms with Crippen LogP contribution in [0.2, 0.25) is 0 Å². The molecule has 4 aromatic rings. The first-order chi connectivity index (χ1) is 16.5. The van der Waals surface area contributed by atoms with Gasteiger partial charge in [0.25, 0.3) is 5.91 Å². The molecular weight excluding hydrogens is 466 g/mol. The molecule has 1 saturated heterocycles. The minimum atomic E-state index is -0.771. The van der Waals surface area contributed by atoms with Crippen LogP contribution in [-0.4, -0.2) is 48.9 Å². The highest BCUT2D eigenvalue weighted by molar-refractivity contribution is 8.00. The number of carbonyl (C=O) groups is 1. The molecule has 1 amide bonds. The first-order valence-corrected chi connectivity index (χ1v) is 12.7. The number of para-hydroxylation sites is 1. The standard InChI is InChI=1S/C25H25N5O2S2/c1-17-15-20(33-28-17)16-25(32)9-13-30(14-10-25)24(31)18-5-7-19(8-6-18)29-34-22-4-2-3-21-23(22)27-12-11-26-21/h2-8,11-12,15,29,32H,9-10,13-14,16H2,1H3. The Hall–Kier alpha value is -3.01. The Labute approximate surface area is 206 Å². The minimum absolute atomic E-state index is 0.000726. The van der Waals surface area contributed by atoms with Crippen LogP contribution in [0.4, 0.5) is 5.69 Å². The Kier molecular flexibility index (Phi) is 6.49. The second-order valence-electron chi connectivity index (χ2n) is 8.59. The van der Waals surface area contributed by atoms with E-state index in [2.05, 4.69) is 19.1 Å². The summed E-state index contributed by atoms with van der Waals surface area (Å²) in [6.45, 7) is 3.05. The number of nitrogens with one attached hydrogen (secondary N) is 1. The van der Waals surface area contributed by atoms with Crippen LogP contribution < -0.4 is 4.72 Å². The number of benzene rings is 2. The summed E-state index contributed by atoms with van der Waals surface area (Å²) in [6.07, 6.45) is 5.11. The zero-order chi connectivity index (χ0) is 23.5. The maximum atomic E-state index is 13.0. The molecule has 2 aromatic carbocycles. The normalized spacial score (nSPS) is 15.4. The molecule has 0 spiro atoms. The predicted octanol–water partition coefficient (Wildman–Crippen LogP) is 4.72. The lowest BCUT2D eigenvalue weighted by atomic mass is 9.87. The van der Waals surface area contributed by atoms with Gasteiger partial charge in [0.1, 0.15) is 5.52 Å². The van der Waals surface area contributed by atoms with Crippen molar-refractivity contribution in [2.75, 3.05) is 17.8 Å². The topological polar surface area (TPSA) is 91.2 Å². The fourth-order valence-corrected chi connectivity index (χ4v) is 5.79. The number of aryl methyl sites for hydroxylation is 1. The van der Waals surface area contributed by atoms with E-state index in [0.29, 0.717) is 37.9 Å². The fraction of sp³-hybridized carbons (Fsp3) is 0.280. The van der Waals surface area contributed by atoms with Gasteiger partial charge in [0.05, 0.1) is 21.7 Å². The molecule has 9 heteroatoms. The Morgan fingerprint density at radius 2 is 1.91 bits per heavy atom. The molecule has 0 saturated carbocycles. The van der Waals surface area contributed by atoms with E-state index in [9.17, 15) is 9.90 Å². The number of likely N-dealkylation sites (tertiary alicyclic amines) is 1. The third-order valence-electron chi connectivity index (χ3n) is 6.03. The monoisotopic (exact) mass is 491 g/mol. The smallest absolute Gasteiger partial charge is 0.253 e. The molecular formula is C25H25N5O2S2. The van der Waals surface area contributed by atoms with Gasteiger partial charge in [-0.25, -0.2) is 0 Å². The Balaban J connectivity index is 1.17. The number of rotatable bonds is 6. The zero-order valence-electron chi connectivity index (χ0n) is 18.8. The first-order valence-electron chi connectivity index (χ1n) is 11.2. The summed E-state index contributed by atoms with van der Waals surface area (Å²) in [5, 5.41) is 11.0. The molecule has 7 nitrogen and oxygen atoms in total. The van der Waals surface area contributed by atoms with Crippen molar-refractivity contribution >= 4 is 46.1 Å². The number of hydrogen-bond donors (Lipinski definition) is 2. The number of carbonyl (C=O) groups excluding carboxylic acids is 1. The third kappa shape index (κ3) is 5.06. The largest absolute Gasteiger partial charge is 0.389 e. The molecule has 0 aliphatic carbocycles. The molecule has 2 aromatic heterocycles. The van der Waals surface area contributed by atoms with Gasteiger partial charge < -0.3 is 14.7 Å². The number of hydrogen-bond acceptors (Lipinski definition) is 8. The first kappa shape index (κ1) is 22.8. The lowest BCUT2D eigenvalue weighted by Gasteiger charge is -2.38. The van der Waals surface area contributed by atoms with Crippen molar-refractivity contribution in [1.82, 2.24) is 19.2 Å². The summed E-state index contributed by atoms with van der Waals surface area (Å²) in [5.74, 6) is -0.000726. The zero-order valence-corrected chi connectivity index (χ0v) is 20.4. The number of fused-ring (bicyclic) bond motifs is 1. The van der Waals surface area contributed by atoms with Gasteiger partial charge in [-0.1, -0.05) is 6.07 Å². The summed E-state index contributed by atoms with van der Waals surface area (Å²) < 4.78 is 7.62. The van der Waals surface area contributed by atoms with E-state index in [-0.39, 0.29) is 5.91 Å². The van der Waals surface area contributed by atoms with E-state index in [1.54, 1.807) is 12.4 Å². The quantitative estimate of drug-likeness (QED) is 0.377. The molecule has 174 valence electrons. The summed E-state index contributed by atoms with van der Waals surface area (Å²) in [6, 6.07) is 15.4. The van der Waals surface area contributed by atoms with E-state index in [4.69, 9.17) is 0 Å². The Morgan fingerprint density at radius 1 is 1.15 bits per heavy atom.